The number of hydrogen-bond acceptors (Lipinski definition) is 5. The maximum Gasteiger partial charge on any atom is 0.266 e. The molecule has 3 aromatic rings. The zero-order chi connectivity index (χ0) is 27.2. The largest absolute Gasteiger partial charge is 0.490 e. The molecule has 1 aliphatic rings. The number of nitrogens with zero attached hydrogens (tertiary/aromatic N) is 2. The van der Waals surface area contributed by atoms with Crippen LogP contribution in [0.3, 0.4) is 0 Å². The van der Waals surface area contributed by atoms with Crippen molar-refractivity contribution in [2.75, 3.05) is 6.61 Å². The van der Waals surface area contributed by atoms with Gasteiger partial charge in [-0.2, -0.15) is 0 Å². The number of halogens is 2. The highest BCUT2D eigenvalue weighted by Crippen LogP contribution is 2.39. The van der Waals surface area contributed by atoms with Gasteiger partial charge in [0, 0.05) is 10.5 Å². The number of rotatable bonds is 9. The monoisotopic (exact) mass is 704 g/mol. The number of amides is 1. The molecule has 3 aromatic carbocycles. The van der Waals surface area contributed by atoms with Crippen LogP contribution in [0.15, 0.2) is 75.0 Å². The third-order valence-electron chi connectivity index (χ3n) is 6.05. The molecule has 1 heterocycles. The zero-order valence-electron chi connectivity index (χ0n) is 21.8. The Labute approximate surface area is 251 Å². The fourth-order valence-corrected chi connectivity index (χ4v) is 5.96. The summed E-state index contributed by atoms with van der Waals surface area (Å²) in [5.74, 6) is 1.33. The van der Waals surface area contributed by atoms with Gasteiger partial charge in [0.05, 0.1) is 20.8 Å². The Morgan fingerprint density at radius 2 is 1.79 bits per heavy atom. The molecule has 0 spiro atoms. The van der Waals surface area contributed by atoms with Crippen molar-refractivity contribution in [1.82, 2.24) is 4.90 Å². The summed E-state index contributed by atoms with van der Waals surface area (Å²) in [6, 6.07) is 20.1. The predicted molar refractivity (Wildman–Crippen MR) is 169 cm³/mol. The maximum atomic E-state index is 13.5. The molecule has 8 heteroatoms. The van der Waals surface area contributed by atoms with E-state index in [1.807, 2.05) is 80.6 Å². The van der Waals surface area contributed by atoms with E-state index in [4.69, 9.17) is 14.5 Å². The SMILES string of the molecule is CCOc1cc(/C=C2/SC(=Nc3ccc(C)cc3)N([C@@H](C)CC)C2=O)cc(I)c1OCc1ccc(Br)cc1. The van der Waals surface area contributed by atoms with Gasteiger partial charge < -0.3 is 9.47 Å². The lowest BCUT2D eigenvalue weighted by Gasteiger charge is -2.22. The van der Waals surface area contributed by atoms with Crippen molar-refractivity contribution in [3.8, 4) is 11.5 Å². The zero-order valence-corrected chi connectivity index (χ0v) is 26.4. The van der Waals surface area contributed by atoms with Gasteiger partial charge in [-0.25, -0.2) is 4.99 Å². The van der Waals surface area contributed by atoms with Crippen LogP contribution in [-0.2, 0) is 11.4 Å². The summed E-state index contributed by atoms with van der Waals surface area (Å²) in [4.78, 5) is 20.8. The van der Waals surface area contributed by atoms with E-state index in [2.05, 4.69) is 52.4 Å². The summed E-state index contributed by atoms with van der Waals surface area (Å²) in [7, 11) is 0. The van der Waals surface area contributed by atoms with E-state index < -0.39 is 0 Å². The first-order chi connectivity index (χ1) is 18.3. The van der Waals surface area contributed by atoms with E-state index in [0.717, 1.165) is 31.3 Å². The Bertz CT molecular complexity index is 1360. The van der Waals surface area contributed by atoms with E-state index in [-0.39, 0.29) is 11.9 Å². The molecule has 0 aliphatic carbocycles. The van der Waals surface area contributed by atoms with Crippen molar-refractivity contribution in [3.05, 3.63) is 90.3 Å². The van der Waals surface area contributed by atoms with Crippen LogP contribution in [0, 0.1) is 10.5 Å². The molecule has 5 nitrogen and oxygen atoms in total. The minimum atomic E-state index is -0.0289. The van der Waals surface area contributed by atoms with Crippen molar-refractivity contribution in [2.24, 2.45) is 4.99 Å². The fourth-order valence-electron chi connectivity index (χ4n) is 3.83. The van der Waals surface area contributed by atoms with Crippen molar-refractivity contribution in [1.29, 1.82) is 0 Å². The van der Waals surface area contributed by atoms with Crippen LogP contribution in [-0.4, -0.2) is 28.6 Å². The molecule has 1 saturated heterocycles. The molecular weight excluding hydrogens is 675 g/mol. The van der Waals surface area contributed by atoms with Crippen LogP contribution in [0.25, 0.3) is 6.08 Å². The molecule has 0 bridgehead atoms. The molecule has 0 unspecified atom stereocenters. The molecule has 0 radical (unpaired) electrons. The first kappa shape index (κ1) is 28.7. The number of carbonyl (C=O) groups excluding carboxylic acids is 1. The molecule has 38 heavy (non-hydrogen) atoms. The lowest BCUT2D eigenvalue weighted by molar-refractivity contribution is -0.123. The smallest absolute Gasteiger partial charge is 0.266 e. The first-order valence-corrected chi connectivity index (χ1v) is 15.2. The van der Waals surface area contributed by atoms with Crippen molar-refractivity contribution >= 4 is 73.1 Å². The highest BCUT2D eigenvalue weighted by atomic mass is 127. The fraction of sp³-hybridized carbons (Fsp3) is 0.267. The second-order valence-corrected chi connectivity index (χ2v) is 12.0. The summed E-state index contributed by atoms with van der Waals surface area (Å²) < 4.78 is 14.1. The van der Waals surface area contributed by atoms with Crippen molar-refractivity contribution in [2.45, 2.75) is 46.8 Å². The van der Waals surface area contributed by atoms with E-state index in [9.17, 15) is 4.79 Å². The Balaban J connectivity index is 1.64. The van der Waals surface area contributed by atoms with E-state index >= 15 is 0 Å². The van der Waals surface area contributed by atoms with Crippen molar-refractivity contribution in [3.63, 3.8) is 0 Å². The minimum absolute atomic E-state index is 0.0289. The van der Waals surface area contributed by atoms with Gasteiger partial charge in [0.1, 0.15) is 6.61 Å². The summed E-state index contributed by atoms with van der Waals surface area (Å²) in [6.07, 6.45) is 2.76. The average Bonchev–Trinajstić information content (AvgIpc) is 3.19. The van der Waals surface area contributed by atoms with Gasteiger partial charge in [-0.1, -0.05) is 52.7 Å². The Kier molecular flexibility index (Phi) is 9.95. The minimum Gasteiger partial charge on any atom is -0.490 e. The number of carbonyl (C=O) groups is 1. The van der Waals surface area contributed by atoms with Gasteiger partial charge in [-0.15, -0.1) is 0 Å². The van der Waals surface area contributed by atoms with Gasteiger partial charge in [0.15, 0.2) is 16.7 Å². The molecule has 0 saturated carbocycles. The summed E-state index contributed by atoms with van der Waals surface area (Å²) >= 11 is 7.15. The van der Waals surface area contributed by atoms with Gasteiger partial charge in [-0.05, 0) is 115 Å². The molecule has 4 rings (SSSR count). The summed E-state index contributed by atoms with van der Waals surface area (Å²) in [6.45, 7) is 9.07. The van der Waals surface area contributed by atoms with Crippen LogP contribution < -0.4 is 9.47 Å². The molecule has 1 atom stereocenters. The summed E-state index contributed by atoms with van der Waals surface area (Å²) in [5, 5.41) is 0.702. The topological polar surface area (TPSA) is 51.1 Å². The lowest BCUT2D eigenvalue weighted by Crippen LogP contribution is -2.36. The second kappa shape index (κ2) is 13.2. The molecule has 1 aliphatic heterocycles. The number of benzene rings is 3. The third-order valence-corrected chi connectivity index (χ3v) is 8.37. The highest BCUT2D eigenvalue weighted by Gasteiger charge is 2.36. The molecule has 0 N–H and O–H groups in total. The number of ether oxygens (including phenoxy) is 2. The first-order valence-electron chi connectivity index (χ1n) is 12.5. The van der Waals surface area contributed by atoms with E-state index in [1.54, 1.807) is 4.90 Å². The van der Waals surface area contributed by atoms with Gasteiger partial charge in [0.2, 0.25) is 0 Å². The Hall–Kier alpha value is -2.30. The molecule has 0 aromatic heterocycles. The quantitative estimate of drug-likeness (QED) is 0.165. The number of amidine groups is 1. The van der Waals surface area contributed by atoms with Crippen LogP contribution >= 0.6 is 50.3 Å². The molecular formula is C30H30BrIN2O3S. The van der Waals surface area contributed by atoms with Gasteiger partial charge in [0.25, 0.3) is 5.91 Å². The third kappa shape index (κ3) is 7.01. The van der Waals surface area contributed by atoms with Crippen molar-refractivity contribution < 1.29 is 14.3 Å². The molecule has 198 valence electrons. The Morgan fingerprint density at radius 1 is 1.08 bits per heavy atom. The summed E-state index contributed by atoms with van der Waals surface area (Å²) in [5.41, 5.74) is 3.95. The maximum absolute atomic E-state index is 13.5. The van der Waals surface area contributed by atoms with E-state index in [1.165, 1.54) is 17.3 Å². The predicted octanol–water partition coefficient (Wildman–Crippen LogP) is 8.74. The van der Waals surface area contributed by atoms with Crippen LogP contribution in [0.4, 0.5) is 5.69 Å². The van der Waals surface area contributed by atoms with Crippen LogP contribution in [0.2, 0.25) is 0 Å². The van der Waals surface area contributed by atoms with Gasteiger partial charge >= 0.3 is 0 Å². The Morgan fingerprint density at radius 3 is 2.45 bits per heavy atom. The normalized spacial score (nSPS) is 16.4. The van der Waals surface area contributed by atoms with E-state index in [0.29, 0.717) is 34.8 Å². The number of hydrogen-bond donors (Lipinski definition) is 0. The van der Waals surface area contributed by atoms with Crippen LogP contribution in [0.5, 0.6) is 11.5 Å². The van der Waals surface area contributed by atoms with Gasteiger partial charge in [-0.3, -0.25) is 9.69 Å². The number of thioether (sulfide) groups is 1. The van der Waals surface area contributed by atoms with Crippen LogP contribution in [0.1, 0.15) is 43.9 Å². The molecule has 1 fully saturated rings. The number of aryl methyl sites for hydroxylation is 1. The standard InChI is InChI=1S/C30H30BrIN2O3S/c1-5-20(4)34-29(35)27(38-30(34)33-24-13-7-19(3)8-14-24)17-22-15-25(32)28(26(16-22)36-6-2)37-18-21-9-11-23(31)12-10-21/h7-17,20H,5-6,18H2,1-4H3/b27-17+,33-30?/t20-/m0/s1. The molecule has 1 amide bonds. The highest BCUT2D eigenvalue weighted by molar-refractivity contribution is 14.1. The second-order valence-electron chi connectivity index (χ2n) is 8.95. The number of aliphatic imine (C=N–C) groups is 1. The lowest BCUT2D eigenvalue weighted by atomic mass is 10.1. The average molecular weight is 705 g/mol.